The van der Waals surface area contributed by atoms with Crippen LogP contribution in [0.4, 0.5) is 4.79 Å². The average molecular weight is 224 g/mol. The highest BCUT2D eigenvalue weighted by Crippen LogP contribution is 2.26. The molecule has 5 nitrogen and oxygen atoms in total. The maximum Gasteiger partial charge on any atom is 0.327 e. The molecule has 2 aliphatic rings. The largest absolute Gasteiger partial charge is 0.390 e. The molecule has 0 aromatic carbocycles. The number of aliphatic hydroxyl groups is 1. The van der Waals surface area contributed by atoms with Gasteiger partial charge in [-0.15, -0.1) is 0 Å². The monoisotopic (exact) mass is 224 g/mol. The molecule has 2 amide bonds. The second-order valence-electron chi connectivity index (χ2n) is 4.02. The van der Waals surface area contributed by atoms with E-state index in [4.69, 9.17) is 4.74 Å². The molecule has 1 fully saturated rings. The summed E-state index contributed by atoms with van der Waals surface area (Å²) in [5.41, 5.74) is 0.562. The van der Waals surface area contributed by atoms with Crippen molar-refractivity contribution >= 4 is 6.03 Å². The van der Waals surface area contributed by atoms with E-state index in [0.717, 1.165) is 6.42 Å². The summed E-state index contributed by atoms with van der Waals surface area (Å²) >= 11 is 0. The van der Waals surface area contributed by atoms with Crippen LogP contribution in [0.2, 0.25) is 0 Å². The summed E-state index contributed by atoms with van der Waals surface area (Å²) in [7, 11) is 0. The van der Waals surface area contributed by atoms with Crippen LogP contribution in [-0.4, -0.2) is 34.5 Å². The Morgan fingerprint density at radius 1 is 1.75 bits per heavy atom. The molecule has 16 heavy (non-hydrogen) atoms. The van der Waals surface area contributed by atoms with Crippen molar-refractivity contribution < 1.29 is 14.6 Å². The Kier molecular flexibility index (Phi) is 2.98. The van der Waals surface area contributed by atoms with Gasteiger partial charge in [-0.05, 0) is 12.5 Å². The highest BCUT2D eigenvalue weighted by atomic mass is 16.5. The third-order valence-corrected chi connectivity index (χ3v) is 2.86. The van der Waals surface area contributed by atoms with Gasteiger partial charge in [0.1, 0.15) is 6.23 Å². The highest BCUT2D eigenvalue weighted by molar-refractivity contribution is 5.79. The minimum Gasteiger partial charge on any atom is -0.390 e. The molecule has 0 unspecified atom stereocenters. The number of aliphatic hydroxyl groups excluding tert-OH is 1. The average Bonchev–Trinajstić information content (AvgIpc) is 2.59. The molecule has 5 heteroatoms. The van der Waals surface area contributed by atoms with Crippen LogP contribution in [0.15, 0.2) is 24.6 Å². The Balaban J connectivity index is 2.07. The van der Waals surface area contributed by atoms with Crippen LogP contribution in [0, 0.1) is 0 Å². The third kappa shape index (κ3) is 1.96. The standard InChI is InChI=1S/C11H16N2O3/c1-3-9-8(14)6-10(16-9)13-5-4-7(2)12-11(13)15/h4-5,8-10,14H,2-3,6H2,1H3,(H,12,15)/t8-,9+,10+/m0/s1. The molecule has 0 radical (unpaired) electrons. The summed E-state index contributed by atoms with van der Waals surface area (Å²) in [5, 5.41) is 12.3. The van der Waals surface area contributed by atoms with E-state index in [1.165, 1.54) is 4.90 Å². The lowest BCUT2D eigenvalue weighted by atomic mass is 10.1. The van der Waals surface area contributed by atoms with Crippen molar-refractivity contribution in [1.29, 1.82) is 0 Å². The number of nitrogens with zero attached hydrogens (tertiary/aromatic N) is 1. The maximum atomic E-state index is 11.6. The van der Waals surface area contributed by atoms with E-state index in [9.17, 15) is 9.90 Å². The van der Waals surface area contributed by atoms with Crippen LogP contribution in [0.25, 0.3) is 0 Å². The summed E-state index contributed by atoms with van der Waals surface area (Å²) in [6.07, 6.45) is 3.46. The van der Waals surface area contributed by atoms with Gasteiger partial charge in [-0.2, -0.15) is 0 Å². The van der Waals surface area contributed by atoms with Crippen molar-refractivity contribution in [3.63, 3.8) is 0 Å². The normalized spacial score (nSPS) is 34.4. The minimum atomic E-state index is -0.499. The number of urea groups is 1. The lowest BCUT2D eigenvalue weighted by Crippen LogP contribution is -2.44. The number of nitrogens with one attached hydrogen (secondary N) is 1. The molecule has 1 saturated heterocycles. The molecule has 0 aliphatic carbocycles. The number of hydrogen-bond donors (Lipinski definition) is 2. The third-order valence-electron chi connectivity index (χ3n) is 2.86. The van der Waals surface area contributed by atoms with Crippen LogP contribution >= 0.6 is 0 Å². The zero-order chi connectivity index (χ0) is 11.7. The van der Waals surface area contributed by atoms with E-state index in [-0.39, 0.29) is 18.4 Å². The maximum absolute atomic E-state index is 11.6. The van der Waals surface area contributed by atoms with E-state index in [1.54, 1.807) is 12.3 Å². The SMILES string of the molecule is C=C1C=CN([C@H]2C[C@H](O)[C@@H](CC)O2)C(=O)N1. The van der Waals surface area contributed by atoms with Gasteiger partial charge in [-0.25, -0.2) is 4.79 Å². The summed E-state index contributed by atoms with van der Waals surface area (Å²) in [6, 6.07) is -0.263. The fourth-order valence-corrected chi connectivity index (χ4v) is 1.96. The number of ether oxygens (including phenoxy) is 1. The van der Waals surface area contributed by atoms with Crippen LogP contribution in [0.5, 0.6) is 0 Å². The number of rotatable bonds is 2. The van der Waals surface area contributed by atoms with Crippen LogP contribution in [-0.2, 0) is 4.74 Å². The van der Waals surface area contributed by atoms with Gasteiger partial charge < -0.3 is 15.2 Å². The van der Waals surface area contributed by atoms with Gasteiger partial charge in [-0.3, -0.25) is 4.90 Å². The summed E-state index contributed by atoms with van der Waals surface area (Å²) in [4.78, 5) is 13.1. The fraction of sp³-hybridized carbons (Fsp3) is 0.545. The van der Waals surface area contributed by atoms with Gasteiger partial charge in [0, 0.05) is 18.3 Å². The van der Waals surface area contributed by atoms with E-state index in [2.05, 4.69) is 11.9 Å². The second-order valence-corrected chi connectivity index (χ2v) is 4.02. The zero-order valence-electron chi connectivity index (χ0n) is 9.22. The van der Waals surface area contributed by atoms with Crippen LogP contribution in [0.1, 0.15) is 19.8 Å². The quantitative estimate of drug-likeness (QED) is 0.733. The summed E-state index contributed by atoms with van der Waals surface area (Å²) < 4.78 is 5.60. The van der Waals surface area contributed by atoms with Gasteiger partial charge in [0.25, 0.3) is 0 Å². The number of carbonyl (C=O) groups is 1. The Morgan fingerprint density at radius 2 is 2.50 bits per heavy atom. The molecule has 0 aromatic rings. The first-order valence-electron chi connectivity index (χ1n) is 5.41. The Labute approximate surface area is 94.4 Å². The van der Waals surface area contributed by atoms with E-state index < -0.39 is 6.10 Å². The van der Waals surface area contributed by atoms with Gasteiger partial charge in [0.15, 0.2) is 0 Å². The van der Waals surface area contributed by atoms with Crippen molar-refractivity contribution in [2.24, 2.45) is 0 Å². The smallest absolute Gasteiger partial charge is 0.327 e. The minimum absolute atomic E-state index is 0.184. The number of allylic oxidation sites excluding steroid dienone is 1. The second kappa shape index (κ2) is 4.27. The molecule has 0 saturated carbocycles. The van der Waals surface area contributed by atoms with E-state index in [0.29, 0.717) is 12.1 Å². The van der Waals surface area contributed by atoms with Crippen molar-refractivity contribution in [3.8, 4) is 0 Å². The van der Waals surface area contributed by atoms with Crippen LogP contribution in [0.3, 0.4) is 0 Å². The molecule has 88 valence electrons. The summed E-state index contributed by atoms with van der Waals surface area (Å²) in [6.45, 7) is 5.58. The summed E-state index contributed by atoms with van der Waals surface area (Å²) in [5.74, 6) is 0. The zero-order valence-corrected chi connectivity index (χ0v) is 9.22. The molecule has 0 aromatic heterocycles. The number of carbonyl (C=O) groups excluding carboxylic acids is 1. The predicted octanol–water partition coefficient (Wildman–Crippen LogP) is 0.925. The first-order chi connectivity index (χ1) is 7.61. The molecule has 2 N–H and O–H groups in total. The van der Waals surface area contributed by atoms with E-state index in [1.807, 2.05) is 6.92 Å². The molecular weight excluding hydrogens is 208 g/mol. The van der Waals surface area contributed by atoms with Gasteiger partial charge >= 0.3 is 6.03 Å². The number of amides is 2. The van der Waals surface area contributed by atoms with E-state index >= 15 is 0 Å². The highest BCUT2D eigenvalue weighted by Gasteiger charge is 2.37. The lowest BCUT2D eigenvalue weighted by Gasteiger charge is -2.28. The molecule has 2 heterocycles. The molecular formula is C11H16N2O3. The Morgan fingerprint density at radius 3 is 3.06 bits per heavy atom. The first-order valence-corrected chi connectivity index (χ1v) is 5.41. The Bertz CT molecular complexity index is 340. The van der Waals surface area contributed by atoms with Crippen molar-refractivity contribution in [2.75, 3.05) is 0 Å². The fourth-order valence-electron chi connectivity index (χ4n) is 1.96. The predicted molar refractivity (Wildman–Crippen MR) is 58.2 cm³/mol. The van der Waals surface area contributed by atoms with Crippen molar-refractivity contribution in [2.45, 2.75) is 38.2 Å². The van der Waals surface area contributed by atoms with Crippen molar-refractivity contribution in [1.82, 2.24) is 10.2 Å². The Hall–Kier alpha value is -1.33. The number of hydrogen-bond acceptors (Lipinski definition) is 3. The first kappa shape index (κ1) is 11.2. The lowest BCUT2D eigenvalue weighted by molar-refractivity contribution is -0.0325. The molecule has 2 rings (SSSR count). The van der Waals surface area contributed by atoms with Crippen molar-refractivity contribution in [3.05, 3.63) is 24.6 Å². The van der Waals surface area contributed by atoms with Gasteiger partial charge in [-0.1, -0.05) is 13.5 Å². The molecule has 3 atom stereocenters. The topological polar surface area (TPSA) is 61.8 Å². The molecule has 0 spiro atoms. The van der Waals surface area contributed by atoms with Gasteiger partial charge in [0.05, 0.1) is 12.2 Å². The molecule has 2 aliphatic heterocycles. The van der Waals surface area contributed by atoms with Gasteiger partial charge in [0.2, 0.25) is 0 Å². The molecule has 0 bridgehead atoms. The van der Waals surface area contributed by atoms with Crippen LogP contribution < -0.4 is 5.32 Å².